The Morgan fingerprint density at radius 3 is 0.852 bits per heavy atom. The summed E-state index contributed by atoms with van der Waals surface area (Å²) in [5.41, 5.74) is -15.1. The summed E-state index contributed by atoms with van der Waals surface area (Å²) in [6.45, 7) is 2.00. The van der Waals surface area contributed by atoms with Gasteiger partial charge in [0.05, 0.1) is 0 Å². The van der Waals surface area contributed by atoms with Crippen LogP contribution in [0.1, 0.15) is 12.8 Å². The molecule has 0 radical (unpaired) electrons. The average Bonchev–Trinajstić information content (AvgIpc) is 2.98. The van der Waals surface area contributed by atoms with E-state index in [2.05, 4.69) is 0 Å². The number of aliphatic hydroxyl groups excluding tert-OH is 1. The molecule has 0 unspecified atom stereocenters. The quantitative estimate of drug-likeness (QED) is 0.625. The molecule has 0 aromatic rings. The molecule has 1 aliphatic heterocycles. The van der Waals surface area contributed by atoms with Gasteiger partial charge in [-0.05, 0) is 12.8 Å². The summed E-state index contributed by atoms with van der Waals surface area (Å²) in [6.07, 6.45) is -33.8. The molecule has 164 valence electrons. The highest BCUT2D eigenvalue weighted by molar-refractivity contribution is 5.13. The Balaban J connectivity index is 0.00000115. The fourth-order valence-corrected chi connectivity index (χ4v) is 1.73. The van der Waals surface area contributed by atoms with E-state index in [1.54, 1.807) is 0 Å². The molecule has 16 heteroatoms. The fourth-order valence-electron chi connectivity index (χ4n) is 1.73. The van der Waals surface area contributed by atoms with E-state index < -0.39 is 42.1 Å². The fraction of sp³-hybridized carbons (Fsp3) is 1.00. The lowest BCUT2D eigenvalue weighted by molar-refractivity contribution is -0.425. The molecule has 0 spiro atoms. The second kappa shape index (κ2) is 7.75. The third kappa shape index (κ3) is 4.86. The molecule has 0 aliphatic carbocycles. The van der Waals surface area contributed by atoms with Crippen molar-refractivity contribution in [2.45, 2.75) is 55.0 Å². The zero-order valence-corrected chi connectivity index (χ0v) is 12.6. The minimum absolute atomic E-state index is 1.00. The van der Waals surface area contributed by atoms with Crippen molar-refractivity contribution in [1.82, 2.24) is 0 Å². The molecular formula is C11H10F14O2. The Labute approximate surface area is 141 Å². The molecule has 0 amide bonds. The summed E-state index contributed by atoms with van der Waals surface area (Å²) in [7, 11) is 0. The molecule has 1 saturated heterocycles. The summed E-state index contributed by atoms with van der Waals surface area (Å²) in [4.78, 5) is 0. The van der Waals surface area contributed by atoms with Crippen molar-refractivity contribution in [2.75, 3.05) is 13.2 Å². The number of aliphatic hydroxyl groups is 1. The van der Waals surface area contributed by atoms with E-state index in [-0.39, 0.29) is 0 Å². The van der Waals surface area contributed by atoms with Crippen molar-refractivity contribution in [3.8, 4) is 0 Å². The molecule has 0 bridgehead atoms. The smallest absolute Gasteiger partial charge is 0.385 e. The maximum absolute atomic E-state index is 13.0. The van der Waals surface area contributed by atoms with Crippen molar-refractivity contribution in [3.05, 3.63) is 0 Å². The van der Waals surface area contributed by atoms with Crippen LogP contribution in [0.25, 0.3) is 0 Å². The first-order valence-electron chi connectivity index (χ1n) is 6.56. The summed E-state index contributed by atoms with van der Waals surface area (Å²) >= 11 is 0. The van der Waals surface area contributed by atoms with E-state index in [9.17, 15) is 61.5 Å². The molecule has 1 rings (SSSR count). The number of hydrogen-bond acceptors (Lipinski definition) is 2. The van der Waals surface area contributed by atoms with E-state index >= 15 is 0 Å². The molecule has 1 heterocycles. The Morgan fingerprint density at radius 2 is 0.741 bits per heavy atom. The Morgan fingerprint density at radius 1 is 0.519 bits per heavy atom. The zero-order chi connectivity index (χ0) is 22.1. The molecular weight excluding hydrogens is 430 g/mol. The van der Waals surface area contributed by atoms with Crippen LogP contribution in [0.4, 0.5) is 61.5 Å². The average molecular weight is 440 g/mol. The van der Waals surface area contributed by atoms with Crippen molar-refractivity contribution in [1.29, 1.82) is 0 Å². The van der Waals surface area contributed by atoms with Crippen LogP contribution in [0.15, 0.2) is 0 Å². The van der Waals surface area contributed by atoms with E-state index in [0.717, 1.165) is 13.2 Å². The van der Waals surface area contributed by atoms with E-state index in [0.29, 0.717) is 0 Å². The number of ether oxygens (including phenoxy) is 1. The molecule has 0 aromatic carbocycles. The summed E-state index contributed by atoms with van der Waals surface area (Å²) in [5, 5.41) is 8.20. The Bertz CT molecular complexity index is 396. The van der Waals surface area contributed by atoms with Crippen LogP contribution < -0.4 is 0 Å². The summed E-state index contributed by atoms with van der Waals surface area (Å²) in [6, 6.07) is 0. The standard InChI is InChI=1S/C7H2F14O.C4H8O/c8-2(4(10,11)12,5(13,14)15)1(22)3(9,6(16,17)18)7(19,20)21;1-2-4-5-3-1/h1,22H;1-4H2. The molecule has 0 saturated carbocycles. The maximum atomic E-state index is 13.0. The monoisotopic (exact) mass is 440 g/mol. The Kier molecular flexibility index (Phi) is 7.45. The first-order valence-corrected chi connectivity index (χ1v) is 6.56. The van der Waals surface area contributed by atoms with Gasteiger partial charge in [0.25, 0.3) is 0 Å². The number of alkyl halides is 14. The van der Waals surface area contributed by atoms with Gasteiger partial charge < -0.3 is 9.84 Å². The van der Waals surface area contributed by atoms with Crippen molar-refractivity contribution in [3.63, 3.8) is 0 Å². The topological polar surface area (TPSA) is 29.5 Å². The number of halogens is 14. The van der Waals surface area contributed by atoms with Gasteiger partial charge >= 0.3 is 36.0 Å². The predicted molar refractivity (Wildman–Crippen MR) is 58.0 cm³/mol. The molecule has 2 nitrogen and oxygen atoms in total. The van der Waals surface area contributed by atoms with Crippen LogP contribution in [-0.2, 0) is 4.74 Å². The first-order chi connectivity index (χ1) is 11.7. The molecule has 1 aliphatic rings. The van der Waals surface area contributed by atoms with Crippen LogP contribution in [0.3, 0.4) is 0 Å². The number of rotatable bonds is 2. The summed E-state index contributed by atoms with van der Waals surface area (Å²) < 4.78 is 175. The zero-order valence-electron chi connectivity index (χ0n) is 12.6. The minimum atomic E-state index is -7.53. The molecule has 1 N–H and O–H groups in total. The molecule has 1 fully saturated rings. The van der Waals surface area contributed by atoms with Crippen LogP contribution in [0, 0.1) is 0 Å². The van der Waals surface area contributed by atoms with Crippen molar-refractivity contribution < 1.29 is 71.3 Å². The van der Waals surface area contributed by atoms with Gasteiger partial charge in [0, 0.05) is 13.2 Å². The highest BCUT2D eigenvalue weighted by Crippen LogP contribution is 2.57. The van der Waals surface area contributed by atoms with Crippen LogP contribution in [-0.4, -0.2) is 60.5 Å². The lowest BCUT2D eigenvalue weighted by Crippen LogP contribution is -2.73. The second-order valence-electron chi connectivity index (χ2n) is 5.14. The van der Waals surface area contributed by atoms with E-state index in [4.69, 9.17) is 9.84 Å². The highest BCUT2D eigenvalue weighted by atomic mass is 19.4. The molecule has 0 atom stereocenters. The van der Waals surface area contributed by atoms with Gasteiger partial charge in [0.1, 0.15) is 0 Å². The largest absolute Gasteiger partial charge is 0.434 e. The summed E-state index contributed by atoms with van der Waals surface area (Å²) in [5.74, 6) is 0. The lowest BCUT2D eigenvalue weighted by atomic mass is 9.83. The molecule has 27 heavy (non-hydrogen) atoms. The van der Waals surface area contributed by atoms with Crippen LogP contribution in [0.5, 0.6) is 0 Å². The van der Waals surface area contributed by atoms with Gasteiger partial charge in [-0.25, -0.2) is 8.78 Å². The van der Waals surface area contributed by atoms with Crippen LogP contribution >= 0.6 is 0 Å². The van der Waals surface area contributed by atoms with Gasteiger partial charge in [-0.2, -0.15) is 52.7 Å². The highest BCUT2D eigenvalue weighted by Gasteiger charge is 2.88. The minimum Gasteiger partial charge on any atom is -0.385 e. The number of hydrogen-bond donors (Lipinski definition) is 1. The normalized spacial score (nSPS) is 17.8. The van der Waals surface area contributed by atoms with Gasteiger partial charge in [0.2, 0.25) is 0 Å². The SMILES string of the molecule is C1CCOC1.OC(C(F)(C(F)(F)F)C(F)(F)F)C(F)(C(F)(F)F)C(F)(F)F. The van der Waals surface area contributed by atoms with Crippen molar-refractivity contribution >= 4 is 0 Å². The van der Waals surface area contributed by atoms with Gasteiger partial charge in [-0.1, -0.05) is 0 Å². The van der Waals surface area contributed by atoms with Crippen LogP contribution in [0.2, 0.25) is 0 Å². The Hall–Kier alpha value is -1.06. The van der Waals surface area contributed by atoms with Gasteiger partial charge in [0.15, 0.2) is 6.10 Å². The van der Waals surface area contributed by atoms with Gasteiger partial charge in [-0.15, -0.1) is 0 Å². The maximum Gasteiger partial charge on any atom is 0.434 e. The second-order valence-corrected chi connectivity index (χ2v) is 5.14. The van der Waals surface area contributed by atoms with E-state index in [1.165, 1.54) is 12.8 Å². The molecule has 0 aromatic heterocycles. The van der Waals surface area contributed by atoms with E-state index in [1.807, 2.05) is 0 Å². The third-order valence-corrected chi connectivity index (χ3v) is 3.23. The lowest BCUT2D eigenvalue weighted by Gasteiger charge is -2.41. The third-order valence-electron chi connectivity index (χ3n) is 3.23. The van der Waals surface area contributed by atoms with Crippen molar-refractivity contribution in [2.24, 2.45) is 0 Å². The predicted octanol–water partition coefficient (Wildman–Crippen LogP) is 4.81. The first kappa shape index (κ1) is 25.9. The van der Waals surface area contributed by atoms with Gasteiger partial charge in [-0.3, -0.25) is 0 Å².